The van der Waals surface area contributed by atoms with Gasteiger partial charge in [0, 0.05) is 25.7 Å². The molecule has 4 heteroatoms. The maximum atomic E-state index is 11.9. The standard InChI is InChI=1S/C22H38O4/c1-3-5-7-9-10-11-13-14-16-20(18-19-21(23)24)26-22(25)17-15-12-8-6-4-2/h20H,3-13,15,17-19H2,1-2H3,(H,23,24)/t20-/m0/s1. The first-order chi connectivity index (χ1) is 12.6. The highest BCUT2D eigenvalue weighted by atomic mass is 16.5. The van der Waals surface area contributed by atoms with Crippen molar-refractivity contribution in [3.63, 3.8) is 0 Å². The summed E-state index contributed by atoms with van der Waals surface area (Å²) >= 11 is 0. The first kappa shape index (κ1) is 24.5. The van der Waals surface area contributed by atoms with E-state index in [4.69, 9.17) is 9.84 Å². The molecule has 0 fully saturated rings. The Morgan fingerprint density at radius 1 is 0.846 bits per heavy atom. The number of carboxylic acid groups (broad SMARTS) is 1. The van der Waals surface area contributed by atoms with Crippen molar-refractivity contribution in [3.05, 3.63) is 0 Å². The van der Waals surface area contributed by atoms with Crippen molar-refractivity contribution < 1.29 is 19.4 Å². The summed E-state index contributed by atoms with van der Waals surface area (Å²) in [6.07, 6.45) is 13.5. The summed E-state index contributed by atoms with van der Waals surface area (Å²) in [7, 11) is 0. The number of esters is 1. The van der Waals surface area contributed by atoms with Gasteiger partial charge in [-0.15, -0.1) is 0 Å². The van der Waals surface area contributed by atoms with Gasteiger partial charge in [-0.25, -0.2) is 0 Å². The Bertz CT molecular complexity index is 420. The zero-order chi connectivity index (χ0) is 19.5. The third-order valence-electron chi connectivity index (χ3n) is 4.30. The van der Waals surface area contributed by atoms with E-state index in [0.29, 0.717) is 6.42 Å². The molecule has 0 heterocycles. The molecule has 0 aliphatic rings. The molecule has 0 amide bonds. The van der Waals surface area contributed by atoms with Gasteiger partial charge >= 0.3 is 11.9 Å². The molecule has 0 bridgehead atoms. The zero-order valence-corrected chi connectivity index (χ0v) is 16.9. The van der Waals surface area contributed by atoms with Crippen molar-refractivity contribution in [1.82, 2.24) is 0 Å². The lowest BCUT2D eigenvalue weighted by Crippen LogP contribution is -2.18. The van der Waals surface area contributed by atoms with Gasteiger partial charge in [0.2, 0.25) is 0 Å². The van der Waals surface area contributed by atoms with Crippen molar-refractivity contribution in [2.45, 2.75) is 116 Å². The molecule has 0 aromatic heterocycles. The van der Waals surface area contributed by atoms with E-state index in [1.54, 1.807) is 0 Å². The van der Waals surface area contributed by atoms with E-state index in [0.717, 1.165) is 32.1 Å². The fourth-order valence-electron chi connectivity index (χ4n) is 2.69. The zero-order valence-electron chi connectivity index (χ0n) is 16.9. The van der Waals surface area contributed by atoms with Gasteiger partial charge in [0.25, 0.3) is 0 Å². The number of carboxylic acids is 1. The summed E-state index contributed by atoms with van der Waals surface area (Å²) < 4.78 is 5.39. The molecule has 150 valence electrons. The summed E-state index contributed by atoms with van der Waals surface area (Å²) in [5.74, 6) is 4.89. The topological polar surface area (TPSA) is 63.6 Å². The molecular formula is C22H38O4. The number of aliphatic carboxylic acids is 1. The molecule has 0 saturated heterocycles. The molecule has 0 aromatic rings. The van der Waals surface area contributed by atoms with E-state index in [1.807, 2.05) is 0 Å². The number of rotatable bonds is 16. The van der Waals surface area contributed by atoms with Crippen molar-refractivity contribution in [2.75, 3.05) is 0 Å². The Morgan fingerprint density at radius 3 is 2.04 bits per heavy atom. The maximum Gasteiger partial charge on any atom is 0.307 e. The Balaban J connectivity index is 4.12. The summed E-state index contributed by atoms with van der Waals surface area (Å²) in [6.45, 7) is 4.36. The summed E-state index contributed by atoms with van der Waals surface area (Å²) in [5.41, 5.74) is 0. The van der Waals surface area contributed by atoms with Gasteiger partial charge in [-0.1, -0.05) is 83.5 Å². The van der Waals surface area contributed by atoms with E-state index < -0.39 is 12.1 Å². The minimum atomic E-state index is -0.886. The number of unbranched alkanes of at least 4 members (excludes halogenated alkanes) is 10. The molecule has 0 radical (unpaired) electrons. The first-order valence-electron chi connectivity index (χ1n) is 10.5. The molecule has 0 aromatic carbocycles. The highest BCUT2D eigenvalue weighted by Crippen LogP contribution is 2.10. The van der Waals surface area contributed by atoms with Gasteiger partial charge in [-0.2, -0.15) is 0 Å². The largest absolute Gasteiger partial charge is 0.481 e. The fraction of sp³-hybridized carbons (Fsp3) is 0.818. The van der Waals surface area contributed by atoms with E-state index >= 15 is 0 Å². The van der Waals surface area contributed by atoms with Gasteiger partial charge in [-0.05, 0) is 12.8 Å². The van der Waals surface area contributed by atoms with Crippen LogP contribution in [0.4, 0.5) is 0 Å². The molecule has 4 nitrogen and oxygen atoms in total. The Hall–Kier alpha value is -1.50. The van der Waals surface area contributed by atoms with Crippen LogP contribution in [-0.2, 0) is 14.3 Å². The van der Waals surface area contributed by atoms with Crippen LogP contribution in [0.3, 0.4) is 0 Å². The third kappa shape index (κ3) is 17.3. The average molecular weight is 367 g/mol. The molecule has 1 N–H and O–H groups in total. The van der Waals surface area contributed by atoms with Crippen LogP contribution in [-0.4, -0.2) is 23.1 Å². The average Bonchev–Trinajstić information content (AvgIpc) is 2.61. The summed E-state index contributed by atoms with van der Waals surface area (Å²) in [6, 6.07) is 0. The van der Waals surface area contributed by atoms with Gasteiger partial charge in [0.05, 0.1) is 0 Å². The lowest BCUT2D eigenvalue weighted by Gasteiger charge is -2.11. The third-order valence-corrected chi connectivity index (χ3v) is 4.30. The van der Waals surface area contributed by atoms with Crippen molar-refractivity contribution >= 4 is 11.9 Å². The van der Waals surface area contributed by atoms with Crippen molar-refractivity contribution in [1.29, 1.82) is 0 Å². The van der Waals surface area contributed by atoms with Crippen LogP contribution in [0.15, 0.2) is 0 Å². The minimum absolute atomic E-state index is 0.0276. The van der Waals surface area contributed by atoms with E-state index in [-0.39, 0.29) is 18.8 Å². The van der Waals surface area contributed by atoms with E-state index in [9.17, 15) is 9.59 Å². The Labute approximate surface area is 160 Å². The van der Waals surface area contributed by atoms with Crippen LogP contribution in [0.5, 0.6) is 0 Å². The first-order valence-corrected chi connectivity index (χ1v) is 10.5. The maximum absolute atomic E-state index is 11.9. The molecule has 0 unspecified atom stereocenters. The van der Waals surface area contributed by atoms with Crippen molar-refractivity contribution in [3.8, 4) is 11.8 Å². The SMILES string of the molecule is CCCCCCCCC#C[C@@H](CCC(=O)O)OC(=O)CCCCCCC. The molecule has 1 atom stereocenters. The van der Waals surface area contributed by atoms with Gasteiger partial charge < -0.3 is 9.84 Å². The molecule has 26 heavy (non-hydrogen) atoms. The number of carbonyl (C=O) groups is 2. The van der Waals surface area contributed by atoms with E-state index in [1.165, 1.54) is 44.9 Å². The van der Waals surface area contributed by atoms with Crippen LogP contribution >= 0.6 is 0 Å². The normalized spacial score (nSPS) is 11.5. The van der Waals surface area contributed by atoms with Crippen LogP contribution < -0.4 is 0 Å². The van der Waals surface area contributed by atoms with Crippen LogP contribution in [0.25, 0.3) is 0 Å². The molecule has 0 rings (SSSR count). The number of ether oxygens (including phenoxy) is 1. The Morgan fingerprint density at radius 2 is 1.42 bits per heavy atom. The number of carbonyl (C=O) groups excluding carboxylic acids is 1. The smallest absolute Gasteiger partial charge is 0.307 e. The quantitative estimate of drug-likeness (QED) is 0.210. The lowest BCUT2D eigenvalue weighted by atomic mass is 10.1. The highest BCUT2D eigenvalue weighted by molar-refractivity contribution is 5.70. The lowest BCUT2D eigenvalue weighted by molar-refractivity contribution is -0.148. The van der Waals surface area contributed by atoms with Gasteiger partial charge in [0.15, 0.2) is 6.10 Å². The van der Waals surface area contributed by atoms with Crippen molar-refractivity contribution in [2.24, 2.45) is 0 Å². The predicted octanol–water partition coefficient (Wildman–Crippen LogP) is 5.88. The second kappa shape index (κ2) is 18.3. The van der Waals surface area contributed by atoms with Crippen LogP contribution in [0, 0.1) is 11.8 Å². The molecule has 0 saturated carbocycles. The van der Waals surface area contributed by atoms with Crippen LogP contribution in [0.1, 0.15) is 110 Å². The predicted molar refractivity (Wildman–Crippen MR) is 106 cm³/mol. The second-order valence-corrected chi connectivity index (χ2v) is 6.91. The molecule has 0 aliphatic heterocycles. The van der Waals surface area contributed by atoms with Gasteiger partial charge in [0.1, 0.15) is 0 Å². The summed E-state index contributed by atoms with van der Waals surface area (Å²) in [5, 5.41) is 8.84. The molecule has 0 spiro atoms. The molecule has 0 aliphatic carbocycles. The summed E-state index contributed by atoms with van der Waals surface area (Å²) in [4.78, 5) is 22.7. The number of hydrogen-bond acceptors (Lipinski definition) is 3. The Kier molecular flexibility index (Phi) is 17.2. The monoisotopic (exact) mass is 366 g/mol. The second-order valence-electron chi connectivity index (χ2n) is 6.91. The van der Waals surface area contributed by atoms with Crippen LogP contribution in [0.2, 0.25) is 0 Å². The molecular weight excluding hydrogens is 328 g/mol. The van der Waals surface area contributed by atoms with Gasteiger partial charge in [-0.3, -0.25) is 9.59 Å². The minimum Gasteiger partial charge on any atom is -0.481 e. The fourth-order valence-corrected chi connectivity index (χ4v) is 2.69. The highest BCUT2D eigenvalue weighted by Gasteiger charge is 2.13. The number of hydrogen-bond donors (Lipinski definition) is 1. The van der Waals surface area contributed by atoms with E-state index in [2.05, 4.69) is 25.7 Å².